The summed E-state index contributed by atoms with van der Waals surface area (Å²) < 4.78 is 0. The van der Waals surface area contributed by atoms with Crippen LogP contribution in [0.15, 0.2) is 6.58 Å². The molecule has 0 N–H and O–H groups in total. The zero-order chi connectivity index (χ0) is 4.12. The van der Waals surface area contributed by atoms with Gasteiger partial charge in [-0.25, -0.2) is 6.92 Å². The first-order valence-electron chi connectivity index (χ1n) is 1.45. The van der Waals surface area contributed by atoms with Crippen LogP contribution in [0.2, 0.25) is 0 Å². The summed E-state index contributed by atoms with van der Waals surface area (Å²) in [5.74, 6) is 0. The molecule has 0 amide bonds. The van der Waals surface area contributed by atoms with Crippen LogP contribution in [0.3, 0.4) is 0 Å². The summed E-state index contributed by atoms with van der Waals surface area (Å²) in [7, 11) is 0. The molecule has 2 heteroatoms. The molecule has 0 rings (SSSR count). The minimum Gasteiger partial charge on any atom is -0.534 e. The van der Waals surface area contributed by atoms with Gasteiger partial charge in [-0.2, -0.15) is 0 Å². The standard InChI is InChI=1S/C5H6.2Y/c1-3-5-4-2;;/h1,3H,2,5H2;;/q-2;;. The van der Waals surface area contributed by atoms with Crippen molar-refractivity contribution in [3.05, 3.63) is 26.0 Å². The van der Waals surface area contributed by atoms with Gasteiger partial charge in [0.15, 0.2) is 0 Å². The third-order valence-electron chi connectivity index (χ3n) is 0.262. The zero-order valence-electron chi connectivity index (χ0n) is 4.22. The Morgan fingerprint density at radius 2 is 2.00 bits per heavy atom. The van der Waals surface area contributed by atoms with Gasteiger partial charge < -0.3 is 18.9 Å². The largest absolute Gasteiger partial charge is 0.534 e. The molecular formula is C5H6Y2-2. The van der Waals surface area contributed by atoms with Gasteiger partial charge in [0, 0.05) is 65.4 Å². The maximum Gasteiger partial charge on any atom is 0 e. The molecule has 0 aliphatic rings. The van der Waals surface area contributed by atoms with E-state index in [2.05, 4.69) is 12.7 Å². The minimum atomic E-state index is 0. The molecule has 0 bridgehead atoms. The first kappa shape index (κ1) is 16.0. The van der Waals surface area contributed by atoms with Gasteiger partial charge in [0.1, 0.15) is 0 Å². The monoisotopic (exact) mass is 244 g/mol. The molecule has 0 saturated carbocycles. The topological polar surface area (TPSA) is 0 Å². The SMILES string of the molecule is [CH][CH-]C[C-]=C.[Y].[Y]. The molecule has 0 atom stereocenters. The molecule has 4 radical (unpaired) electrons. The first-order chi connectivity index (χ1) is 2.41. The second kappa shape index (κ2) is 15.7. The van der Waals surface area contributed by atoms with Crippen molar-refractivity contribution in [2.75, 3.05) is 0 Å². The predicted octanol–water partition coefficient (Wildman–Crippen LogP) is 1.28. The van der Waals surface area contributed by atoms with Gasteiger partial charge in [-0.15, -0.1) is 0 Å². The molecule has 0 aromatic heterocycles. The maximum atomic E-state index is 4.91. The summed E-state index contributed by atoms with van der Waals surface area (Å²) in [6.07, 6.45) is 4.77. The van der Waals surface area contributed by atoms with Crippen molar-refractivity contribution in [1.29, 1.82) is 0 Å². The Labute approximate surface area is 96.3 Å². The van der Waals surface area contributed by atoms with Crippen LogP contribution in [-0.4, -0.2) is 0 Å². The van der Waals surface area contributed by atoms with E-state index in [9.17, 15) is 0 Å². The molecule has 0 aromatic carbocycles. The van der Waals surface area contributed by atoms with Crippen LogP contribution in [0.4, 0.5) is 0 Å². The second-order valence-corrected chi connectivity index (χ2v) is 0.690. The van der Waals surface area contributed by atoms with Crippen molar-refractivity contribution in [3.63, 3.8) is 0 Å². The van der Waals surface area contributed by atoms with E-state index in [0.29, 0.717) is 6.42 Å². The molecule has 34 valence electrons. The fourth-order valence-electron chi connectivity index (χ4n) is 0.0833. The van der Waals surface area contributed by atoms with Crippen LogP contribution in [0.25, 0.3) is 0 Å². The van der Waals surface area contributed by atoms with Crippen molar-refractivity contribution >= 4 is 0 Å². The van der Waals surface area contributed by atoms with E-state index in [1.807, 2.05) is 0 Å². The van der Waals surface area contributed by atoms with Gasteiger partial charge in [0.2, 0.25) is 0 Å². The molecule has 0 fully saturated rings. The average Bonchev–Trinajstić information content (AvgIpc) is 1.41. The van der Waals surface area contributed by atoms with Crippen molar-refractivity contribution in [1.82, 2.24) is 0 Å². The minimum absolute atomic E-state index is 0. The molecule has 0 unspecified atom stereocenters. The Kier molecular flexibility index (Phi) is 35.8. The Balaban J connectivity index is -0.0000000800. The van der Waals surface area contributed by atoms with Crippen molar-refractivity contribution in [3.8, 4) is 0 Å². The Hall–Kier alpha value is 1.95. The molecule has 0 heterocycles. The van der Waals surface area contributed by atoms with Crippen LogP contribution in [-0.2, 0) is 65.4 Å². The molecular weight excluding hydrogens is 238 g/mol. The number of hydrogen-bond acceptors (Lipinski definition) is 0. The number of allylic oxidation sites excluding steroid dienone is 1. The van der Waals surface area contributed by atoms with E-state index in [4.69, 9.17) is 6.92 Å². The second-order valence-electron chi connectivity index (χ2n) is 0.690. The van der Waals surface area contributed by atoms with Gasteiger partial charge in [0.05, 0.1) is 0 Å². The van der Waals surface area contributed by atoms with Gasteiger partial charge in [-0.1, -0.05) is 0 Å². The molecule has 0 aromatic rings. The molecule has 0 spiro atoms. The van der Waals surface area contributed by atoms with Gasteiger partial charge >= 0.3 is 0 Å². The fourth-order valence-corrected chi connectivity index (χ4v) is 0.0833. The van der Waals surface area contributed by atoms with E-state index in [1.165, 1.54) is 6.42 Å². The Morgan fingerprint density at radius 1 is 1.57 bits per heavy atom. The van der Waals surface area contributed by atoms with Crippen molar-refractivity contribution in [2.45, 2.75) is 6.42 Å². The fraction of sp³-hybridized carbons (Fsp3) is 0.200. The summed E-state index contributed by atoms with van der Waals surface area (Å²) in [5, 5.41) is 0. The Morgan fingerprint density at radius 3 is 2.00 bits per heavy atom. The summed E-state index contributed by atoms with van der Waals surface area (Å²) >= 11 is 0. The van der Waals surface area contributed by atoms with Crippen LogP contribution in [0.5, 0.6) is 0 Å². The molecule has 0 saturated heterocycles. The van der Waals surface area contributed by atoms with Gasteiger partial charge in [0.25, 0.3) is 0 Å². The molecule has 0 aliphatic heterocycles. The number of rotatable bonds is 2. The summed E-state index contributed by atoms with van der Waals surface area (Å²) in [6, 6.07) is 0. The van der Waals surface area contributed by atoms with E-state index in [-0.39, 0.29) is 65.4 Å². The quantitative estimate of drug-likeness (QED) is 0.641. The third kappa shape index (κ3) is 18.0. The smallest absolute Gasteiger partial charge is 0 e. The van der Waals surface area contributed by atoms with E-state index >= 15 is 0 Å². The number of hydrogen-bond donors (Lipinski definition) is 0. The van der Waals surface area contributed by atoms with Crippen LogP contribution < -0.4 is 0 Å². The number of unbranched alkanes of at least 4 members (excludes halogenated alkanes) is 1. The van der Waals surface area contributed by atoms with Crippen molar-refractivity contribution in [2.24, 2.45) is 0 Å². The summed E-state index contributed by atoms with van der Waals surface area (Å²) in [5.41, 5.74) is 0. The predicted molar refractivity (Wildman–Crippen MR) is 22.1 cm³/mol. The average molecular weight is 244 g/mol. The summed E-state index contributed by atoms with van der Waals surface area (Å²) in [4.78, 5) is 0. The van der Waals surface area contributed by atoms with E-state index in [1.54, 1.807) is 0 Å². The molecule has 0 aliphatic carbocycles. The van der Waals surface area contributed by atoms with Crippen LogP contribution >= 0.6 is 0 Å². The first-order valence-corrected chi connectivity index (χ1v) is 1.45. The van der Waals surface area contributed by atoms with E-state index in [0.717, 1.165) is 0 Å². The zero-order valence-corrected chi connectivity index (χ0v) is 9.90. The van der Waals surface area contributed by atoms with Gasteiger partial charge in [-0.05, 0) is 0 Å². The molecule has 7 heavy (non-hydrogen) atoms. The third-order valence-corrected chi connectivity index (χ3v) is 0.262. The maximum absolute atomic E-state index is 4.91. The molecule has 0 nitrogen and oxygen atoms in total. The normalized spacial score (nSPS) is 5.29. The Bertz CT molecular complexity index is 27.3. The van der Waals surface area contributed by atoms with Gasteiger partial charge in [-0.3, -0.25) is 6.58 Å². The van der Waals surface area contributed by atoms with Crippen molar-refractivity contribution < 1.29 is 65.4 Å². The van der Waals surface area contributed by atoms with Crippen LogP contribution in [0, 0.1) is 19.4 Å². The summed E-state index contributed by atoms with van der Waals surface area (Å²) in [6.45, 7) is 8.23. The van der Waals surface area contributed by atoms with E-state index < -0.39 is 0 Å². The van der Waals surface area contributed by atoms with Crippen LogP contribution in [0.1, 0.15) is 6.42 Å².